The molecule has 2 N–H and O–H groups in total. The second-order valence-corrected chi connectivity index (χ2v) is 3.31. The van der Waals surface area contributed by atoms with E-state index in [1.165, 1.54) is 7.11 Å². The highest BCUT2D eigenvalue weighted by Crippen LogP contribution is 2.33. The minimum absolute atomic E-state index is 0.105. The number of benzene rings is 1. The molecule has 1 aromatic carbocycles. The first-order valence-electron chi connectivity index (χ1n) is 4.58. The van der Waals surface area contributed by atoms with Gasteiger partial charge in [-0.1, -0.05) is 0 Å². The van der Waals surface area contributed by atoms with Crippen molar-refractivity contribution in [3.05, 3.63) is 22.8 Å². The molecule has 3 nitrogen and oxygen atoms in total. The Hall–Kier alpha value is -1.22. The lowest BCUT2D eigenvalue weighted by atomic mass is 9.99. The van der Waals surface area contributed by atoms with Crippen LogP contribution in [0.4, 0.5) is 0 Å². The number of aliphatic hydroxyl groups excluding tert-OH is 1. The molecule has 0 radical (unpaired) electrons. The number of aromatic hydroxyl groups is 1. The van der Waals surface area contributed by atoms with Gasteiger partial charge in [-0.05, 0) is 43.0 Å². The molecule has 1 aromatic rings. The number of phenolic OH excluding ortho intramolecular Hbond substituents is 1. The summed E-state index contributed by atoms with van der Waals surface area (Å²) in [6, 6.07) is 1.77. The van der Waals surface area contributed by atoms with Crippen LogP contribution in [-0.4, -0.2) is 23.9 Å². The van der Waals surface area contributed by atoms with Gasteiger partial charge in [0, 0.05) is 6.61 Å². The SMILES string of the molecule is COc1cc(CCO)c(C)c(C)c1O. The summed E-state index contributed by atoms with van der Waals surface area (Å²) in [4.78, 5) is 0. The molecule has 3 heteroatoms. The summed E-state index contributed by atoms with van der Waals surface area (Å²) in [6.07, 6.45) is 0.587. The van der Waals surface area contributed by atoms with Crippen molar-refractivity contribution < 1.29 is 14.9 Å². The van der Waals surface area contributed by atoms with E-state index in [0.717, 1.165) is 16.7 Å². The van der Waals surface area contributed by atoms with Gasteiger partial charge in [-0.15, -0.1) is 0 Å². The fourth-order valence-electron chi connectivity index (χ4n) is 1.47. The molecule has 0 aromatic heterocycles. The average molecular weight is 196 g/mol. The quantitative estimate of drug-likeness (QED) is 0.771. The third-order valence-corrected chi connectivity index (χ3v) is 2.54. The van der Waals surface area contributed by atoms with Crippen molar-refractivity contribution in [2.24, 2.45) is 0 Å². The maximum atomic E-state index is 9.68. The summed E-state index contributed by atoms with van der Waals surface area (Å²) in [7, 11) is 1.52. The fraction of sp³-hybridized carbons (Fsp3) is 0.455. The van der Waals surface area contributed by atoms with Crippen LogP contribution in [0.25, 0.3) is 0 Å². The van der Waals surface area contributed by atoms with Crippen molar-refractivity contribution in [1.29, 1.82) is 0 Å². The van der Waals surface area contributed by atoms with Crippen molar-refractivity contribution in [2.75, 3.05) is 13.7 Å². The van der Waals surface area contributed by atoms with Crippen molar-refractivity contribution in [1.82, 2.24) is 0 Å². The second kappa shape index (κ2) is 4.33. The van der Waals surface area contributed by atoms with E-state index in [-0.39, 0.29) is 12.4 Å². The van der Waals surface area contributed by atoms with E-state index in [1.54, 1.807) is 6.07 Å². The molecule has 0 bridgehead atoms. The molecular formula is C11H16O3. The Kier molecular flexibility index (Phi) is 3.36. The van der Waals surface area contributed by atoms with Gasteiger partial charge in [0.1, 0.15) is 0 Å². The molecule has 0 saturated carbocycles. The zero-order valence-electron chi connectivity index (χ0n) is 8.79. The van der Waals surface area contributed by atoms with Crippen LogP contribution in [0.2, 0.25) is 0 Å². The summed E-state index contributed by atoms with van der Waals surface area (Å²) in [5.41, 5.74) is 2.84. The zero-order chi connectivity index (χ0) is 10.7. The van der Waals surface area contributed by atoms with Gasteiger partial charge in [0.05, 0.1) is 7.11 Å². The van der Waals surface area contributed by atoms with Gasteiger partial charge >= 0.3 is 0 Å². The van der Waals surface area contributed by atoms with Gasteiger partial charge in [-0.2, -0.15) is 0 Å². The summed E-state index contributed by atoms with van der Waals surface area (Å²) in [5, 5.41) is 18.5. The Labute approximate surface area is 84.0 Å². The number of rotatable bonds is 3. The van der Waals surface area contributed by atoms with Crippen LogP contribution in [-0.2, 0) is 6.42 Å². The number of hydrogen-bond donors (Lipinski definition) is 2. The minimum Gasteiger partial charge on any atom is -0.504 e. The van der Waals surface area contributed by atoms with E-state index >= 15 is 0 Å². The maximum absolute atomic E-state index is 9.68. The predicted octanol–water partition coefficient (Wildman–Crippen LogP) is 1.55. The molecular weight excluding hydrogens is 180 g/mol. The van der Waals surface area contributed by atoms with Crippen molar-refractivity contribution in [3.8, 4) is 11.5 Å². The van der Waals surface area contributed by atoms with Gasteiger partial charge < -0.3 is 14.9 Å². The first-order chi connectivity index (χ1) is 6.61. The minimum atomic E-state index is 0.105. The van der Waals surface area contributed by atoms with Crippen LogP contribution in [0.1, 0.15) is 16.7 Å². The highest BCUT2D eigenvalue weighted by Gasteiger charge is 2.11. The molecule has 0 amide bonds. The first-order valence-corrected chi connectivity index (χ1v) is 4.58. The van der Waals surface area contributed by atoms with Crippen LogP contribution < -0.4 is 4.74 Å². The van der Waals surface area contributed by atoms with E-state index in [1.807, 2.05) is 13.8 Å². The zero-order valence-corrected chi connectivity index (χ0v) is 8.79. The lowest BCUT2D eigenvalue weighted by Crippen LogP contribution is -1.98. The molecule has 0 unspecified atom stereocenters. The summed E-state index contributed by atoms with van der Waals surface area (Å²) in [5.74, 6) is 0.656. The van der Waals surface area contributed by atoms with Gasteiger partial charge in [0.15, 0.2) is 11.5 Å². The normalized spacial score (nSPS) is 10.3. The molecule has 1 rings (SSSR count). The van der Waals surface area contributed by atoms with Crippen molar-refractivity contribution in [3.63, 3.8) is 0 Å². The average Bonchev–Trinajstić information content (AvgIpc) is 2.19. The molecule has 0 aliphatic rings. The number of hydrogen-bond acceptors (Lipinski definition) is 3. The number of aliphatic hydroxyl groups is 1. The van der Waals surface area contributed by atoms with Crippen LogP contribution in [0, 0.1) is 13.8 Å². The summed E-state index contributed by atoms with van der Waals surface area (Å²) in [6.45, 7) is 3.88. The topological polar surface area (TPSA) is 49.7 Å². The van der Waals surface area contributed by atoms with E-state index in [0.29, 0.717) is 12.2 Å². The maximum Gasteiger partial charge on any atom is 0.161 e. The lowest BCUT2D eigenvalue weighted by molar-refractivity contribution is 0.299. The molecule has 14 heavy (non-hydrogen) atoms. The van der Waals surface area contributed by atoms with Crippen molar-refractivity contribution >= 4 is 0 Å². The van der Waals surface area contributed by atoms with Crippen LogP contribution in [0.5, 0.6) is 11.5 Å². The monoisotopic (exact) mass is 196 g/mol. The molecule has 0 heterocycles. The smallest absolute Gasteiger partial charge is 0.161 e. The largest absolute Gasteiger partial charge is 0.504 e. The molecule has 0 fully saturated rings. The van der Waals surface area contributed by atoms with Crippen LogP contribution in [0.3, 0.4) is 0 Å². The Bertz CT molecular complexity index is 332. The van der Waals surface area contributed by atoms with Crippen molar-refractivity contribution in [2.45, 2.75) is 20.3 Å². The van der Waals surface area contributed by atoms with Crippen LogP contribution >= 0.6 is 0 Å². The van der Waals surface area contributed by atoms with E-state index in [4.69, 9.17) is 9.84 Å². The Balaban J connectivity index is 3.25. The third kappa shape index (κ3) is 1.82. The van der Waals surface area contributed by atoms with Gasteiger partial charge in [0.2, 0.25) is 0 Å². The number of methoxy groups -OCH3 is 1. The van der Waals surface area contributed by atoms with E-state index < -0.39 is 0 Å². The predicted molar refractivity (Wildman–Crippen MR) is 54.9 cm³/mol. The fourth-order valence-corrected chi connectivity index (χ4v) is 1.47. The third-order valence-electron chi connectivity index (χ3n) is 2.54. The Morgan fingerprint density at radius 2 is 1.93 bits per heavy atom. The Morgan fingerprint density at radius 3 is 2.43 bits per heavy atom. The second-order valence-electron chi connectivity index (χ2n) is 3.31. The lowest BCUT2D eigenvalue weighted by Gasteiger charge is -2.13. The van der Waals surface area contributed by atoms with E-state index in [2.05, 4.69) is 0 Å². The molecule has 0 atom stereocenters. The first kappa shape index (κ1) is 10.9. The number of ether oxygens (including phenoxy) is 1. The Morgan fingerprint density at radius 1 is 1.29 bits per heavy atom. The molecule has 78 valence electrons. The molecule has 0 aliphatic heterocycles. The number of phenols is 1. The molecule has 0 aliphatic carbocycles. The molecule has 0 saturated heterocycles. The highest BCUT2D eigenvalue weighted by molar-refractivity contribution is 5.52. The van der Waals surface area contributed by atoms with Gasteiger partial charge in [-0.25, -0.2) is 0 Å². The van der Waals surface area contributed by atoms with Gasteiger partial charge in [0.25, 0.3) is 0 Å². The van der Waals surface area contributed by atoms with Gasteiger partial charge in [-0.3, -0.25) is 0 Å². The highest BCUT2D eigenvalue weighted by atomic mass is 16.5. The molecule has 0 spiro atoms. The summed E-state index contributed by atoms with van der Waals surface area (Å²) >= 11 is 0. The standard InChI is InChI=1S/C11H16O3/c1-7-8(2)11(13)10(14-3)6-9(7)4-5-12/h6,12-13H,4-5H2,1-3H3. The van der Waals surface area contributed by atoms with Crippen LogP contribution in [0.15, 0.2) is 6.07 Å². The van der Waals surface area contributed by atoms with E-state index in [9.17, 15) is 5.11 Å². The summed E-state index contributed by atoms with van der Waals surface area (Å²) < 4.78 is 5.04.